The molecule has 2 aromatic heterocycles. The first-order valence-corrected chi connectivity index (χ1v) is 14.2. The van der Waals surface area contributed by atoms with Crippen LogP contribution in [-0.4, -0.2) is 48.7 Å². The van der Waals surface area contributed by atoms with Crippen LogP contribution in [0.3, 0.4) is 0 Å². The molecule has 0 radical (unpaired) electrons. The molecule has 2 aliphatic rings. The van der Waals surface area contributed by atoms with Crippen molar-refractivity contribution in [1.29, 1.82) is 0 Å². The molecule has 208 valence electrons. The van der Waals surface area contributed by atoms with Crippen LogP contribution in [0.2, 0.25) is 0 Å². The van der Waals surface area contributed by atoms with E-state index in [1.807, 2.05) is 52.9 Å². The average Bonchev–Trinajstić information content (AvgIpc) is 3.55. The zero-order chi connectivity index (χ0) is 27.5. The second-order valence-corrected chi connectivity index (χ2v) is 11.1. The number of aromatic nitrogens is 5. The Kier molecular flexibility index (Phi) is 7.38. The quantitative estimate of drug-likeness (QED) is 0.419. The van der Waals surface area contributed by atoms with E-state index in [0.29, 0.717) is 13.2 Å². The predicted octanol–water partition coefficient (Wildman–Crippen LogP) is 4.26. The van der Waals surface area contributed by atoms with Crippen molar-refractivity contribution < 1.29 is 9.53 Å². The fraction of sp³-hybridized carbons (Fsp3) is 0.419. The van der Waals surface area contributed by atoms with Gasteiger partial charge in [-0.2, -0.15) is 5.10 Å². The number of carbonyl (C=O) groups excluding carboxylic acids is 1. The molecule has 1 amide bonds. The number of fused-ring (bicyclic) bond motifs is 3. The van der Waals surface area contributed by atoms with Gasteiger partial charge < -0.3 is 10.1 Å². The van der Waals surface area contributed by atoms with Crippen LogP contribution < -0.4 is 10.1 Å². The van der Waals surface area contributed by atoms with E-state index in [1.165, 1.54) is 11.3 Å². The lowest BCUT2D eigenvalue weighted by molar-refractivity contribution is -0.135. The largest absolute Gasteiger partial charge is 0.487 e. The third-order valence-electron chi connectivity index (χ3n) is 8.60. The van der Waals surface area contributed by atoms with E-state index in [1.54, 1.807) is 0 Å². The van der Waals surface area contributed by atoms with Gasteiger partial charge in [0.1, 0.15) is 18.1 Å². The van der Waals surface area contributed by atoms with Crippen LogP contribution in [-0.2, 0) is 38.1 Å². The van der Waals surface area contributed by atoms with Crippen LogP contribution in [0.25, 0.3) is 11.3 Å². The summed E-state index contributed by atoms with van der Waals surface area (Å²) in [6.45, 7) is 6.23. The molecule has 0 saturated carbocycles. The van der Waals surface area contributed by atoms with Crippen LogP contribution >= 0.6 is 0 Å². The van der Waals surface area contributed by atoms with Crippen LogP contribution in [0, 0.1) is 12.3 Å². The van der Waals surface area contributed by atoms with Gasteiger partial charge in [-0.25, -0.2) is 0 Å². The summed E-state index contributed by atoms with van der Waals surface area (Å²) in [5.74, 6) is 0.903. The molecule has 1 N–H and O–H groups in total. The van der Waals surface area contributed by atoms with Crippen molar-refractivity contribution in [3.63, 3.8) is 0 Å². The Balaban J connectivity index is 1.20. The van der Waals surface area contributed by atoms with E-state index in [0.717, 1.165) is 80.1 Å². The summed E-state index contributed by atoms with van der Waals surface area (Å²) >= 11 is 0. The molecule has 40 heavy (non-hydrogen) atoms. The molecule has 1 spiro atoms. The molecule has 1 saturated heterocycles. The zero-order valence-electron chi connectivity index (χ0n) is 23.3. The molecule has 0 unspecified atom stereocenters. The van der Waals surface area contributed by atoms with Crippen LogP contribution in [0.15, 0.2) is 60.8 Å². The molecule has 6 rings (SSSR count). The van der Waals surface area contributed by atoms with Gasteiger partial charge in [-0.1, -0.05) is 53.7 Å². The number of benzene rings is 2. The Morgan fingerprint density at radius 3 is 2.60 bits per heavy atom. The van der Waals surface area contributed by atoms with Gasteiger partial charge in [0.05, 0.1) is 17.3 Å². The first-order chi connectivity index (χ1) is 19.5. The lowest BCUT2D eigenvalue weighted by Crippen LogP contribution is -2.48. The second-order valence-electron chi connectivity index (χ2n) is 11.1. The Hall–Kier alpha value is -3.98. The molecule has 2 bridgehead atoms. The number of likely N-dealkylation sites (tertiary alicyclic amines) is 1. The van der Waals surface area contributed by atoms with Gasteiger partial charge in [-0.05, 0) is 51.8 Å². The van der Waals surface area contributed by atoms with Gasteiger partial charge in [0, 0.05) is 49.1 Å². The average molecular weight is 540 g/mol. The number of nitrogens with zero attached hydrogens (tertiary/aromatic N) is 6. The first kappa shape index (κ1) is 26.3. The smallest absolute Gasteiger partial charge is 0.226 e. The van der Waals surface area contributed by atoms with Crippen molar-refractivity contribution in [2.45, 2.75) is 58.8 Å². The van der Waals surface area contributed by atoms with E-state index in [2.05, 4.69) is 51.7 Å². The van der Waals surface area contributed by atoms with Crippen LogP contribution in [0.5, 0.6) is 5.75 Å². The third kappa shape index (κ3) is 5.38. The fourth-order valence-corrected chi connectivity index (χ4v) is 6.02. The highest BCUT2D eigenvalue weighted by Gasteiger charge is 2.41. The number of rotatable bonds is 3. The molecule has 2 aliphatic heterocycles. The van der Waals surface area contributed by atoms with Crippen molar-refractivity contribution in [3.05, 3.63) is 83.3 Å². The van der Waals surface area contributed by atoms with Crippen LogP contribution in [0.4, 0.5) is 0 Å². The number of nitrogens with one attached hydrogen (secondary N) is 1. The van der Waals surface area contributed by atoms with Crippen molar-refractivity contribution in [1.82, 2.24) is 35.0 Å². The van der Waals surface area contributed by atoms with Crippen molar-refractivity contribution in [2.75, 3.05) is 13.1 Å². The number of hydrogen-bond donors (Lipinski definition) is 1. The monoisotopic (exact) mass is 539 g/mol. The summed E-state index contributed by atoms with van der Waals surface area (Å²) in [6.07, 6.45) is 5.28. The van der Waals surface area contributed by atoms with Gasteiger partial charge in [-0.3, -0.25) is 19.1 Å². The molecule has 2 aromatic carbocycles. The molecule has 0 atom stereocenters. The number of hydrogen-bond acceptors (Lipinski definition) is 6. The molecular formula is C31H37N7O2. The highest BCUT2D eigenvalue weighted by Crippen LogP contribution is 2.38. The lowest BCUT2D eigenvalue weighted by atomic mass is 9.73. The Morgan fingerprint density at radius 2 is 1.77 bits per heavy atom. The van der Waals surface area contributed by atoms with Gasteiger partial charge >= 0.3 is 0 Å². The fourth-order valence-electron chi connectivity index (χ4n) is 6.02. The highest BCUT2D eigenvalue weighted by molar-refractivity contribution is 5.82. The Labute approximate surface area is 235 Å². The molecule has 4 heterocycles. The van der Waals surface area contributed by atoms with E-state index in [-0.39, 0.29) is 5.91 Å². The summed E-state index contributed by atoms with van der Waals surface area (Å²) in [6, 6.07) is 18.3. The topological polar surface area (TPSA) is 90.1 Å². The van der Waals surface area contributed by atoms with Gasteiger partial charge in [0.25, 0.3) is 0 Å². The van der Waals surface area contributed by atoms with E-state index in [9.17, 15) is 4.79 Å². The standard InChI is InChI=1S/C31H37N7O2/c1-23-27(29(34-36(23)2)24-9-4-3-5-10-24)21-37-17-14-31(15-18-37)13-8-16-38-20-26(33-35-38)22-40-28-12-7-6-11-25(28)19-32-30(31)39/h3-7,9-12,20H,8,13-19,21-22H2,1-2H3,(H,32,39). The number of carbonyl (C=O) groups is 1. The van der Waals surface area contributed by atoms with Crippen molar-refractivity contribution >= 4 is 5.91 Å². The Bertz CT molecular complexity index is 1470. The third-order valence-corrected chi connectivity index (χ3v) is 8.60. The number of para-hydroxylation sites is 1. The zero-order valence-corrected chi connectivity index (χ0v) is 23.3. The minimum Gasteiger partial charge on any atom is -0.487 e. The van der Waals surface area contributed by atoms with Gasteiger partial charge in [0.2, 0.25) is 5.91 Å². The summed E-state index contributed by atoms with van der Waals surface area (Å²) in [7, 11) is 2.01. The number of aryl methyl sites for hydroxylation is 2. The van der Waals surface area contributed by atoms with Gasteiger partial charge in [0.15, 0.2) is 0 Å². The predicted molar refractivity (Wildman–Crippen MR) is 152 cm³/mol. The van der Waals surface area contributed by atoms with E-state index in [4.69, 9.17) is 9.84 Å². The van der Waals surface area contributed by atoms with E-state index >= 15 is 0 Å². The number of amides is 1. The van der Waals surface area contributed by atoms with E-state index < -0.39 is 5.41 Å². The maximum atomic E-state index is 13.8. The maximum Gasteiger partial charge on any atom is 0.226 e. The summed E-state index contributed by atoms with van der Waals surface area (Å²) in [5, 5.41) is 16.7. The van der Waals surface area contributed by atoms with Crippen LogP contribution in [0.1, 0.15) is 48.2 Å². The van der Waals surface area contributed by atoms with Gasteiger partial charge in [-0.15, -0.1) is 5.10 Å². The summed E-state index contributed by atoms with van der Waals surface area (Å²) in [5.41, 5.74) is 5.99. The molecule has 9 heteroatoms. The number of ether oxygens (including phenoxy) is 1. The minimum atomic E-state index is -0.411. The van der Waals surface area contributed by atoms with Crippen molar-refractivity contribution in [3.8, 4) is 17.0 Å². The summed E-state index contributed by atoms with van der Waals surface area (Å²) in [4.78, 5) is 16.3. The maximum absolute atomic E-state index is 13.8. The molecule has 0 aliphatic carbocycles. The highest BCUT2D eigenvalue weighted by atomic mass is 16.5. The Morgan fingerprint density at radius 1 is 1.00 bits per heavy atom. The molecular weight excluding hydrogens is 502 g/mol. The second kappa shape index (κ2) is 11.3. The normalized spacial score (nSPS) is 18.0. The SMILES string of the molecule is Cc1c(CN2CCC3(CCCn4cc(nn4)COc4ccccc4CNC3=O)CC2)c(-c2ccccc2)nn1C. The lowest BCUT2D eigenvalue weighted by Gasteiger charge is -2.41. The summed E-state index contributed by atoms with van der Waals surface area (Å²) < 4.78 is 9.89. The minimum absolute atomic E-state index is 0.140. The van der Waals surface area contributed by atoms with Crippen molar-refractivity contribution in [2.24, 2.45) is 12.5 Å². The molecule has 4 aromatic rings. The first-order valence-electron chi connectivity index (χ1n) is 14.2. The number of piperidine rings is 1. The molecule has 1 fully saturated rings. The molecule has 9 nitrogen and oxygen atoms in total.